The molecule has 2 heterocycles. The molecule has 1 aromatic heterocycles. The summed E-state index contributed by atoms with van der Waals surface area (Å²) in [6.07, 6.45) is 0. The number of anilines is 1. The fraction of sp³-hybridized carbons (Fsp3) is 0.185. The molecule has 0 bridgehead atoms. The number of carbonyl (C=O) groups is 1. The molecule has 184 valence electrons. The largest absolute Gasteiger partial charge is 0.421 e. The number of benzene rings is 3. The molecule has 1 fully saturated rings. The van der Waals surface area contributed by atoms with Crippen molar-refractivity contribution in [3.05, 3.63) is 95.9 Å². The lowest BCUT2D eigenvalue weighted by Gasteiger charge is -2.35. The van der Waals surface area contributed by atoms with Crippen molar-refractivity contribution < 1.29 is 22.3 Å². The van der Waals surface area contributed by atoms with Gasteiger partial charge in [0, 0.05) is 42.9 Å². The first-order valence-electron chi connectivity index (χ1n) is 11.5. The van der Waals surface area contributed by atoms with Gasteiger partial charge < -0.3 is 9.64 Å². The van der Waals surface area contributed by atoms with E-state index in [1.165, 1.54) is 40.7 Å². The van der Waals surface area contributed by atoms with Crippen LogP contribution in [0, 0.1) is 12.7 Å². The lowest BCUT2D eigenvalue weighted by Crippen LogP contribution is -2.48. The van der Waals surface area contributed by atoms with Crippen molar-refractivity contribution in [3.8, 4) is 5.75 Å². The van der Waals surface area contributed by atoms with E-state index in [4.69, 9.17) is 4.74 Å². The summed E-state index contributed by atoms with van der Waals surface area (Å²) in [5.74, 6) is -0.666. The number of hydrogen-bond acceptors (Lipinski definition) is 6. The Morgan fingerprint density at radius 1 is 0.917 bits per heavy atom. The third kappa shape index (κ3) is 4.80. The highest BCUT2D eigenvalue weighted by Gasteiger charge is 2.29. The second kappa shape index (κ2) is 9.67. The number of para-hydroxylation sites is 1. The van der Waals surface area contributed by atoms with Gasteiger partial charge in [0.05, 0.1) is 10.5 Å². The van der Waals surface area contributed by atoms with Crippen LogP contribution in [0.25, 0.3) is 10.9 Å². The molecule has 0 amide bonds. The molecule has 0 N–H and O–H groups in total. The maximum Gasteiger partial charge on any atom is 0.343 e. The number of esters is 1. The highest BCUT2D eigenvalue weighted by atomic mass is 32.2. The van der Waals surface area contributed by atoms with E-state index in [0.717, 1.165) is 16.8 Å². The van der Waals surface area contributed by atoms with Crippen molar-refractivity contribution in [2.75, 3.05) is 31.1 Å². The van der Waals surface area contributed by atoms with Crippen LogP contribution in [0.3, 0.4) is 0 Å². The van der Waals surface area contributed by atoms with Crippen molar-refractivity contribution in [2.45, 2.75) is 11.8 Å². The molecule has 1 saturated heterocycles. The average molecular weight is 506 g/mol. The number of rotatable bonds is 5. The molecular formula is C27H24FN3O4S. The monoisotopic (exact) mass is 505 g/mol. The van der Waals surface area contributed by atoms with Crippen molar-refractivity contribution in [3.63, 3.8) is 0 Å². The third-order valence-electron chi connectivity index (χ3n) is 6.16. The molecule has 0 unspecified atom stereocenters. The second-order valence-electron chi connectivity index (χ2n) is 8.57. The summed E-state index contributed by atoms with van der Waals surface area (Å²) < 4.78 is 46.9. The molecule has 4 aromatic rings. The van der Waals surface area contributed by atoms with Gasteiger partial charge in [0.2, 0.25) is 10.0 Å². The van der Waals surface area contributed by atoms with Crippen molar-refractivity contribution >= 4 is 32.6 Å². The minimum absolute atomic E-state index is 0.0269. The quantitative estimate of drug-likeness (QED) is 0.295. The Morgan fingerprint density at radius 3 is 2.39 bits per heavy atom. The Balaban J connectivity index is 1.32. The van der Waals surface area contributed by atoms with Crippen LogP contribution in [-0.4, -0.2) is 49.9 Å². The molecule has 3 aromatic carbocycles. The Kier molecular flexibility index (Phi) is 6.42. The molecule has 1 aliphatic heterocycles. The highest BCUT2D eigenvalue weighted by molar-refractivity contribution is 7.89. The van der Waals surface area contributed by atoms with Crippen LogP contribution < -0.4 is 9.64 Å². The Bertz CT molecular complexity index is 1530. The zero-order valence-corrected chi connectivity index (χ0v) is 20.4. The highest BCUT2D eigenvalue weighted by Crippen LogP contribution is 2.26. The van der Waals surface area contributed by atoms with Gasteiger partial charge in [-0.1, -0.05) is 24.3 Å². The maximum absolute atomic E-state index is 13.3. The van der Waals surface area contributed by atoms with Crippen molar-refractivity contribution in [2.24, 2.45) is 0 Å². The molecule has 0 aliphatic carbocycles. The van der Waals surface area contributed by atoms with Gasteiger partial charge in [-0.25, -0.2) is 22.6 Å². The summed E-state index contributed by atoms with van der Waals surface area (Å²) >= 11 is 0. The van der Waals surface area contributed by atoms with Crippen LogP contribution in [0.15, 0.2) is 83.8 Å². The number of halogens is 1. The standard InChI is InChI=1S/C27H24FN3O4S/c1-19-8-9-20-4-3-7-25(26(20)29-19)35-27(32)21-5-2-6-24(18-21)36(33,34)31-16-14-30(15-17-31)23-12-10-22(28)11-13-23/h2-13,18H,14-17H2,1H3. The summed E-state index contributed by atoms with van der Waals surface area (Å²) in [6.45, 7) is 3.34. The minimum Gasteiger partial charge on any atom is -0.421 e. The first kappa shape index (κ1) is 23.9. The van der Waals surface area contributed by atoms with Crippen LogP contribution in [0.2, 0.25) is 0 Å². The van der Waals surface area contributed by atoms with Crippen LogP contribution in [0.1, 0.15) is 16.1 Å². The van der Waals surface area contributed by atoms with Crippen LogP contribution in [0.4, 0.5) is 10.1 Å². The summed E-state index contributed by atoms with van der Waals surface area (Å²) in [7, 11) is -3.82. The fourth-order valence-electron chi connectivity index (χ4n) is 4.23. The summed E-state index contributed by atoms with van der Waals surface area (Å²) in [6, 6.07) is 21.1. The number of hydrogen-bond donors (Lipinski definition) is 0. The number of nitrogens with zero attached hydrogens (tertiary/aromatic N) is 3. The average Bonchev–Trinajstić information content (AvgIpc) is 2.89. The number of aryl methyl sites for hydroxylation is 1. The molecule has 0 saturated carbocycles. The first-order chi connectivity index (χ1) is 17.3. The zero-order valence-electron chi connectivity index (χ0n) is 19.6. The van der Waals surface area contributed by atoms with E-state index in [0.29, 0.717) is 24.4 Å². The van der Waals surface area contributed by atoms with Gasteiger partial charge in [-0.05, 0) is 61.5 Å². The molecule has 5 rings (SSSR count). The number of aromatic nitrogens is 1. The van der Waals surface area contributed by atoms with Gasteiger partial charge in [0.15, 0.2) is 5.75 Å². The van der Waals surface area contributed by atoms with Gasteiger partial charge in [0.25, 0.3) is 0 Å². The van der Waals surface area contributed by atoms with E-state index in [1.807, 2.05) is 30.0 Å². The van der Waals surface area contributed by atoms with E-state index in [1.54, 1.807) is 24.3 Å². The molecule has 9 heteroatoms. The van der Waals surface area contributed by atoms with E-state index < -0.39 is 16.0 Å². The van der Waals surface area contributed by atoms with Crippen molar-refractivity contribution in [1.29, 1.82) is 0 Å². The second-order valence-corrected chi connectivity index (χ2v) is 10.5. The lowest BCUT2D eigenvalue weighted by atomic mass is 10.2. The van der Waals surface area contributed by atoms with Gasteiger partial charge in [0.1, 0.15) is 11.3 Å². The fourth-order valence-corrected chi connectivity index (χ4v) is 5.70. The summed E-state index contributed by atoms with van der Waals surface area (Å²) in [5, 5.41) is 0.835. The molecule has 0 spiro atoms. The molecular weight excluding hydrogens is 481 g/mol. The predicted molar refractivity (Wildman–Crippen MR) is 135 cm³/mol. The third-order valence-corrected chi connectivity index (χ3v) is 8.06. The number of ether oxygens (including phenoxy) is 1. The zero-order chi connectivity index (χ0) is 25.3. The molecule has 7 nitrogen and oxygen atoms in total. The lowest BCUT2D eigenvalue weighted by molar-refractivity contribution is 0.0736. The Hall–Kier alpha value is -3.82. The topological polar surface area (TPSA) is 79.8 Å². The van der Waals surface area contributed by atoms with E-state index in [2.05, 4.69) is 4.98 Å². The number of sulfonamides is 1. The molecule has 0 atom stereocenters. The summed E-state index contributed by atoms with van der Waals surface area (Å²) in [4.78, 5) is 19.4. The number of fused-ring (bicyclic) bond motifs is 1. The van der Waals surface area contributed by atoms with E-state index in [9.17, 15) is 17.6 Å². The number of piperazine rings is 1. The minimum atomic E-state index is -3.82. The van der Waals surface area contributed by atoms with Gasteiger partial charge in [-0.3, -0.25) is 0 Å². The Morgan fingerprint density at radius 2 is 1.64 bits per heavy atom. The SMILES string of the molecule is Cc1ccc2cccc(OC(=O)c3cccc(S(=O)(=O)N4CCN(c5ccc(F)cc5)CC4)c3)c2n1. The summed E-state index contributed by atoms with van der Waals surface area (Å²) in [5.41, 5.74) is 2.33. The van der Waals surface area contributed by atoms with Gasteiger partial charge >= 0.3 is 5.97 Å². The van der Waals surface area contributed by atoms with E-state index in [-0.39, 0.29) is 29.4 Å². The first-order valence-corrected chi connectivity index (χ1v) is 12.9. The van der Waals surface area contributed by atoms with Gasteiger partial charge in [-0.2, -0.15) is 4.31 Å². The van der Waals surface area contributed by atoms with Gasteiger partial charge in [-0.15, -0.1) is 0 Å². The maximum atomic E-state index is 13.3. The smallest absolute Gasteiger partial charge is 0.343 e. The molecule has 36 heavy (non-hydrogen) atoms. The molecule has 0 radical (unpaired) electrons. The van der Waals surface area contributed by atoms with Crippen LogP contribution in [-0.2, 0) is 10.0 Å². The van der Waals surface area contributed by atoms with Crippen LogP contribution >= 0.6 is 0 Å². The van der Waals surface area contributed by atoms with Crippen molar-refractivity contribution in [1.82, 2.24) is 9.29 Å². The van der Waals surface area contributed by atoms with E-state index >= 15 is 0 Å². The normalized spacial score (nSPS) is 14.7. The number of carbonyl (C=O) groups excluding carboxylic acids is 1. The molecule has 1 aliphatic rings. The van der Waals surface area contributed by atoms with Crippen LogP contribution in [0.5, 0.6) is 5.75 Å². The predicted octanol–water partition coefficient (Wildman–Crippen LogP) is 4.41. The Labute approximate surface area is 208 Å². The number of pyridine rings is 1.